The number of nitrogen functional groups attached to an aromatic ring is 1. The summed E-state index contributed by atoms with van der Waals surface area (Å²) in [6.45, 7) is 2.44. The van der Waals surface area contributed by atoms with E-state index < -0.39 is 0 Å². The number of fused-ring (bicyclic) bond motifs is 2. The minimum absolute atomic E-state index is 0.105. The normalized spacial score (nSPS) is 14.1. The van der Waals surface area contributed by atoms with Gasteiger partial charge in [0.2, 0.25) is 0 Å². The third-order valence-electron chi connectivity index (χ3n) is 6.14. The quantitative estimate of drug-likeness (QED) is 0.366. The van der Waals surface area contributed by atoms with Gasteiger partial charge in [-0.2, -0.15) is 0 Å². The zero-order valence-corrected chi connectivity index (χ0v) is 17.4. The van der Waals surface area contributed by atoms with Crippen LogP contribution in [0.2, 0.25) is 0 Å². The van der Waals surface area contributed by atoms with Crippen molar-refractivity contribution < 1.29 is 4.79 Å². The van der Waals surface area contributed by atoms with Gasteiger partial charge in [0.25, 0.3) is 5.91 Å². The molecule has 0 atom stereocenters. The predicted molar refractivity (Wildman–Crippen MR) is 125 cm³/mol. The van der Waals surface area contributed by atoms with Crippen molar-refractivity contribution in [2.75, 3.05) is 12.3 Å². The largest absolute Gasteiger partial charge is 0.384 e. The third-order valence-corrected chi connectivity index (χ3v) is 6.14. The predicted octanol–water partition coefficient (Wildman–Crippen LogP) is 4.12. The number of nitrogens with two attached hydrogens (primary N) is 1. The van der Waals surface area contributed by atoms with E-state index in [9.17, 15) is 4.79 Å². The number of aromatic nitrogens is 2. The molecule has 0 radical (unpaired) electrons. The average molecular weight is 414 g/mol. The van der Waals surface area contributed by atoms with Crippen LogP contribution in [0.15, 0.2) is 54.6 Å². The summed E-state index contributed by atoms with van der Waals surface area (Å²) in [5.74, 6) is 1.23. The first-order valence-electron chi connectivity index (χ1n) is 10.9. The molecule has 1 amide bonds. The number of nitrogens with zero attached hydrogens (tertiary/aromatic N) is 1. The number of nitrogens with one attached hydrogen (secondary N) is 3. The maximum absolute atomic E-state index is 12.6. The maximum Gasteiger partial charge on any atom is 0.251 e. The second-order valence-corrected chi connectivity index (χ2v) is 8.47. The van der Waals surface area contributed by atoms with Gasteiger partial charge in [0.05, 0.1) is 5.52 Å². The number of pyridine rings is 1. The molecule has 2 aromatic carbocycles. The molecule has 6 nitrogen and oxygen atoms in total. The molecule has 0 aliphatic heterocycles. The molecule has 1 fully saturated rings. The SMILES string of the molecule is Nc1ccc2cc(C(=O)NCc3ccc4cc(CNCC5CCC5)[nH]c4c3)ccc2n1. The van der Waals surface area contributed by atoms with Crippen LogP contribution < -0.4 is 16.4 Å². The van der Waals surface area contributed by atoms with Gasteiger partial charge in [-0.25, -0.2) is 4.98 Å². The van der Waals surface area contributed by atoms with Gasteiger partial charge in [-0.3, -0.25) is 4.79 Å². The Hall–Kier alpha value is -3.38. The number of H-pyrrole nitrogens is 1. The van der Waals surface area contributed by atoms with Crippen molar-refractivity contribution in [1.82, 2.24) is 20.6 Å². The standard InChI is InChI=1S/C25H27N5O/c26-24-9-7-18-11-20(6-8-22(18)30-24)25(31)28-14-17-4-5-19-12-21(29-23(19)10-17)15-27-13-16-2-1-3-16/h4-12,16,27,29H,1-3,13-15H2,(H2,26,30)(H,28,31). The van der Waals surface area contributed by atoms with E-state index >= 15 is 0 Å². The van der Waals surface area contributed by atoms with Crippen LogP contribution in [0.5, 0.6) is 0 Å². The van der Waals surface area contributed by atoms with E-state index in [-0.39, 0.29) is 5.91 Å². The lowest BCUT2D eigenvalue weighted by Crippen LogP contribution is -2.26. The summed E-state index contributed by atoms with van der Waals surface area (Å²) >= 11 is 0. The summed E-state index contributed by atoms with van der Waals surface area (Å²) in [5, 5.41) is 8.65. The van der Waals surface area contributed by atoms with Gasteiger partial charge in [0, 0.05) is 35.2 Å². The van der Waals surface area contributed by atoms with Gasteiger partial charge < -0.3 is 21.4 Å². The molecule has 1 saturated carbocycles. The highest BCUT2D eigenvalue weighted by atomic mass is 16.1. The number of carbonyl (C=O) groups is 1. The fourth-order valence-electron chi connectivity index (χ4n) is 4.11. The molecule has 0 unspecified atom stereocenters. The number of benzene rings is 2. The number of hydrogen-bond acceptors (Lipinski definition) is 4. The van der Waals surface area contributed by atoms with Crippen molar-refractivity contribution in [1.29, 1.82) is 0 Å². The van der Waals surface area contributed by atoms with Crippen LogP contribution >= 0.6 is 0 Å². The molecule has 31 heavy (non-hydrogen) atoms. The molecule has 4 aromatic rings. The highest BCUT2D eigenvalue weighted by molar-refractivity contribution is 5.98. The Kier molecular flexibility index (Phi) is 5.30. The van der Waals surface area contributed by atoms with E-state index in [1.807, 2.05) is 18.2 Å². The number of amides is 1. The lowest BCUT2D eigenvalue weighted by molar-refractivity contribution is 0.0951. The fourth-order valence-corrected chi connectivity index (χ4v) is 4.11. The lowest BCUT2D eigenvalue weighted by Gasteiger charge is -2.25. The highest BCUT2D eigenvalue weighted by Gasteiger charge is 2.16. The van der Waals surface area contributed by atoms with E-state index in [4.69, 9.17) is 5.73 Å². The zero-order chi connectivity index (χ0) is 21.2. The number of hydrogen-bond donors (Lipinski definition) is 4. The zero-order valence-electron chi connectivity index (χ0n) is 17.4. The van der Waals surface area contributed by atoms with Crippen LogP contribution in [0.1, 0.15) is 40.9 Å². The smallest absolute Gasteiger partial charge is 0.251 e. The van der Waals surface area contributed by atoms with Crippen LogP contribution in [0, 0.1) is 5.92 Å². The Morgan fingerprint density at radius 1 is 1.03 bits per heavy atom. The summed E-state index contributed by atoms with van der Waals surface area (Å²) in [7, 11) is 0. The average Bonchev–Trinajstić information content (AvgIpc) is 3.15. The maximum atomic E-state index is 12.6. The van der Waals surface area contributed by atoms with Crippen LogP contribution in [0.4, 0.5) is 5.82 Å². The molecule has 5 rings (SSSR count). The summed E-state index contributed by atoms with van der Waals surface area (Å²) in [4.78, 5) is 20.4. The molecule has 0 saturated heterocycles. The minimum Gasteiger partial charge on any atom is -0.384 e. The molecule has 1 aliphatic carbocycles. The Bertz CT molecular complexity index is 1240. The van der Waals surface area contributed by atoms with Gasteiger partial charge in [-0.1, -0.05) is 18.6 Å². The Labute approximate surface area is 181 Å². The lowest BCUT2D eigenvalue weighted by atomic mass is 9.85. The number of anilines is 1. The van der Waals surface area contributed by atoms with Crippen LogP contribution in [-0.2, 0) is 13.1 Å². The highest BCUT2D eigenvalue weighted by Crippen LogP contribution is 2.25. The molecule has 158 valence electrons. The molecule has 2 aromatic heterocycles. The molecule has 0 bridgehead atoms. The van der Waals surface area contributed by atoms with Gasteiger partial charge in [-0.05, 0) is 78.7 Å². The van der Waals surface area contributed by atoms with Gasteiger partial charge in [0.1, 0.15) is 5.82 Å². The summed E-state index contributed by atoms with van der Waals surface area (Å²) in [5.41, 5.74) is 10.5. The van der Waals surface area contributed by atoms with E-state index in [1.54, 1.807) is 12.1 Å². The Balaban J connectivity index is 1.21. The van der Waals surface area contributed by atoms with E-state index in [2.05, 4.69) is 44.9 Å². The summed E-state index contributed by atoms with van der Waals surface area (Å²) < 4.78 is 0. The minimum atomic E-state index is -0.105. The second-order valence-electron chi connectivity index (χ2n) is 8.47. The number of carbonyl (C=O) groups excluding carboxylic acids is 1. The van der Waals surface area contributed by atoms with Gasteiger partial charge in [0.15, 0.2) is 0 Å². The van der Waals surface area contributed by atoms with Crippen LogP contribution in [-0.4, -0.2) is 22.4 Å². The van der Waals surface area contributed by atoms with E-state index in [1.165, 1.54) is 30.3 Å². The Morgan fingerprint density at radius 3 is 2.74 bits per heavy atom. The van der Waals surface area contributed by atoms with Crippen LogP contribution in [0.3, 0.4) is 0 Å². The summed E-state index contributed by atoms with van der Waals surface area (Å²) in [6.07, 6.45) is 4.10. The van der Waals surface area contributed by atoms with E-state index in [0.29, 0.717) is 17.9 Å². The number of rotatable bonds is 7. The molecule has 2 heterocycles. The third kappa shape index (κ3) is 4.39. The molecular formula is C25H27N5O. The monoisotopic (exact) mass is 413 g/mol. The van der Waals surface area contributed by atoms with Crippen molar-refractivity contribution in [2.45, 2.75) is 32.4 Å². The topological polar surface area (TPSA) is 95.8 Å². The Morgan fingerprint density at radius 2 is 1.90 bits per heavy atom. The van der Waals surface area contributed by atoms with Crippen molar-refractivity contribution in [3.05, 3.63) is 71.4 Å². The van der Waals surface area contributed by atoms with Gasteiger partial charge in [-0.15, -0.1) is 0 Å². The van der Waals surface area contributed by atoms with Gasteiger partial charge >= 0.3 is 0 Å². The van der Waals surface area contributed by atoms with Crippen LogP contribution in [0.25, 0.3) is 21.8 Å². The summed E-state index contributed by atoms with van der Waals surface area (Å²) in [6, 6.07) is 17.5. The van der Waals surface area contributed by atoms with E-state index in [0.717, 1.165) is 41.0 Å². The molecule has 0 spiro atoms. The molecule has 5 N–H and O–H groups in total. The fraction of sp³-hybridized carbons (Fsp3) is 0.280. The number of aromatic amines is 1. The van der Waals surface area contributed by atoms with Crippen molar-refractivity contribution in [3.63, 3.8) is 0 Å². The first-order valence-corrected chi connectivity index (χ1v) is 10.9. The van der Waals surface area contributed by atoms with Crippen molar-refractivity contribution >= 4 is 33.5 Å². The second kappa shape index (κ2) is 8.40. The molecule has 6 heteroatoms. The molecular weight excluding hydrogens is 386 g/mol. The van der Waals surface area contributed by atoms with Crippen molar-refractivity contribution in [3.8, 4) is 0 Å². The molecule has 1 aliphatic rings. The first-order chi connectivity index (χ1) is 15.1. The first kappa shape index (κ1) is 19.6. The van der Waals surface area contributed by atoms with Crippen molar-refractivity contribution in [2.24, 2.45) is 5.92 Å².